The molecule has 1 N–H and O–H groups in total. The standard InChI is InChI=1S/C16H35NO/c1-5-8-10-12-17-13-15(4)18-14-16(7-3)11-9-6-2/h15-17H,5-14H2,1-4H3. The van der Waals surface area contributed by atoms with Crippen LogP contribution < -0.4 is 5.32 Å². The minimum Gasteiger partial charge on any atom is -0.377 e. The van der Waals surface area contributed by atoms with E-state index < -0.39 is 0 Å². The fraction of sp³-hybridized carbons (Fsp3) is 1.00. The molecule has 0 spiro atoms. The smallest absolute Gasteiger partial charge is 0.0671 e. The molecule has 0 aromatic heterocycles. The first-order valence-electron chi connectivity index (χ1n) is 8.06. The summed E-state index contributed by atoms with van der Waals surface area (Å²) in [4.78, 5) is 0. The van der Waals surface area contributed by atoms with Gasteiger partial charge in [-0.1, -0.05) is 52.9 Å². The first kappa shape index (κ1) is 17.9. The molecule has 0 aliphatic carbocycles. The van der Waals surface area contributed by atoms with E-state index in [1.807, 2.05) is 0 Å². The molecule has 0 amide bonds. The molecule has 0 saturated carbocycles. The third-order valence-electron chi connectivity index (χ3n) is 3.55. The highest BCUT2D eigenvalue weighted by Crippen LogP contribution is 2.13. The van der Waals surface area contributed by atoms with Crippen molar-refractivity contribution in [2.24, 2.45) is 5.92 Å². The summed E-state index contributed by atoms with van der Waals surface area (Å²) in [7, 11) is 0. The summed E-state index contributed by atoms with van der Waals surface area (Å²) in [6.45, 7) is 12.0. The zero-order chi connectivity index (χ0) is 13.6. The number of nitrogens with one attached hydrogen (secondary N) is 1. The van der Waals surface area contributed by atoms with Crippen LogP contribution in [0, 0.1) is 5.92 Å². The summed E-state index contributed by atoms with van der Waals surface area (Å²) in [5.41, 5.74) is 0. The second-order valence-electron chi connectivity index (χ2n) is 5.47. The SMILES string of the molecule is CCCCCNCC(C)OCC(CC)CCCC. The topological polar surface area (TPSA) is 21.3 Å². The average molecular weight is 257 g/mol. The largest absolute Gasteiger partial charge is 0.377 e. The highest BCUT2D eigenvalue weighted by Gasteiger charge is 2.08. The molecule has 2 nitrogen and oxygen atoms in total. The van der Waals surface area contributed by atoms with Crippen LogP contribution >= 0.6 is 0 Å². The molecule has 0 saturated heterocycles. The van der Waals surface area contributed by atoms with Crippen LogP contribution in [-0.2, 0) is 4.74 Å². The Bertz CT molecular complexity index is 161. The van der Waals surface area contributed by atoms with E-state index in [-0.39, 0.29) is 0 Å². The van der Waals surface area contributed by atoms with Gasteiger partial charge in [-0.05, 0) is 32.2 Å². The molecule has 0 fully saturated rings. The molecule has 2 heteroatoms. The van der Waals surface area contributed by atoms with E-state index in [9.17, 15) is 0 Å². The number of hydrogen-bond donors (Lipinski definition) is 1. The maximum Gasteiger partial charge on any atom is 0.0671 e. The lowest BCUT2D eigenvalue weighted by Crippen LogP contribution is -2.29. The Hall–Kier alpha value is -0.0800. The molecule has 0 aliphatic heterocycles. The Labute approximate surface area is 115 Å². The first-order valence-corrected chi connectivity index (χ1v) is 8.06. The molecule has 0 rings (SSSR count). The lowest BCUT2D eigenvalue weighted by molar-refractivity contribution is 0.0370. The van der Waals surface area contributed by atoms with Crippen LogP contribution in [0.2, 0.25) is 0 Å². The molecule has 0 aromatic rings. The van der Waals surface area contributed by atoms with Crippen molar-refractivity contribution in [3.63, 3.8) is 0 Å². The van der Waals surface area contributed by atoms with Crippen molar-refractivity contribution >= 4 is 0 Å². The molecule has 2 atom stereocenters. The van der Waals surface area contributed by atoms with Crippen molar-refractivity contribution in [1.82, 2.24) is 5.32 Å². The summed E-state index contributed by atoms with van der Waals surface area (Å²) in [5.74, 6) is 0.757. The van der Waals surface area contributed by atoms with E-state index in [1.165, 1.54) is 44.9 Å². The van der Waals surface area contributed by atoms with Crippen LogP contribution in [0.4, 0.5) is 0 Å². The quantitative estimate of drug-likeness (QED) is 0.494. The Morgan fingerprint density at radius 1 is 1.00 bits per heavy atom. The van der Waals surface area contributed by atoms with Gasteiger partial charge in [-0.3, -0.25) is 0 Å². The monoisotopic (exact) mass is 257 g/mol. The van der Waals surface area contributed by atoms with Crippen LogP contribution in [0.1, 0.15) is 72.6 Å². The number of rotatable bonds is 13. The van der Waals surface area contributed by atoms with Crippen molar-refractivity contribution in [2.45, 2.75) is 78.7 Å². The summed E-state index contributed by atoms with van der Waals surface area (Å²) >= 11 is 0. The summed E-state index contributed by atoms with van der Waals surface area (Å²) in [6, 6.07) is 0. The van der Waals surface area contributed by atoms with Crippen molar-refractivity contribution in [3.05, 3.63) is 0 Å². The maximum absolute atomic E-state index is 5.94. The van der Waals surface area contributed by atoms with Crippen molar-refractivity contribution < 1.29 is 4.74 Å². The molecule has 0 heterocycles. The zero-order valence-corrected chi connectivity index (χ0v) is 13.1. The van der Waals surface area contributed by atoms with Gasteiger partial charge >= 0.3 is 0 Å². The highest BCUT2D eigenvalue weighted by molar-refractivity contribution is 4.60. The van der Waals surface area contributed by atoms with Crippen LogP contribution in [-0.4, -0.2) is 25.8 Å². The van der Waals surface area contributed by atoms with Crippen molar-refractivity contribution in [1.29, 1.82) is 0 Å². The second kappa shape index (κ2) is 13.4. The predicted octanol–water partition coefficient (Wildman–Crippen LogP) is 4.39. The fourth-order valence-corrected chi connectivity index (χ4v) is 2.06. The Balaban J connectivity index is 3.45. The Kier molecular flexibility index (Phi) is 13.3. The summed E-state index contributed by atoms with van der Waals surface area (Å²) in [5, 5.41) is 3.48. The van der Waals surface area contributed by atoms with E-state index >= 15 is 0 Å². The molecule has 0 bridgehead atoms. The summed E-state index contributed by atoms with van der Waals surface area (Å²) in [6.07, 6.45) is 9.47. The van der Waals surface area contributed by atoms with Gasteiger partial charge in [0.1, 0.15) is 0 Å². The van der Waals surface area contributed by atoms with Gasteiger partial charge in [0.05, 0.1) is 6.10 Å². The number of hydrogen-bond acceptors (Lipinski definition) is 2. The van der Waals surface area contributed by atoms with E-state index in [0.29, 0.717) is 6.10 Å². The van der Waals surface area contributed by atoms with Crippen LogP contribution in [0.15, 0.2) is 0 Å². The Morgan fingerprint density at radius 3 is 2.33 bits per heavy atom. The van der Waals surface area contributed by atoms with E-state index in [2.05, 4.69) is 33.0 Å². The molecule has 2 unspecified atom stereocenters. The van der Waals surface area contributed by atoms with E-state index in [4.69, 9.17) is 4.74 Å². The van der Waals surface area contributed by atoms with Gasteiger partial charge in [0, 0.05) is 13.2 Å². The molecule has 0 aromatic carbocycles. The van der Waals surface area contributed by atoms with Gasteiger partial charge in [-0.2, -0.15) is 0 Å². The number of ether oxygens (including phenoxy) is 1. The third-order valence-corrected chi connectivity index (χ3v) is 3.55. The Morgan fingerprint density at radius 2 is 1.72 bits per heavy atom. The highest BCUT2D eigenvalue weighted by atomic mass is 16.5. The third kappa shape index (κ3) is 11.0. The van der Waals surface area contributed by atoms with Gasteiger partial charge in [0.2, 0.25) is 0 Å². The van der Waals surface area contributed by atoms with E-state index in [1.54, 1.807) is 0 Å². The molecule has 0 radical (unpaired) electrons. The predicted molar refractivity (Wildman–Crippen MR) is 81.1 cm³/mol. The molecule has 18 heavy (non-hydrogen) atoms. The minimum atomic E-state index is 0.349. The first-order chi connectivity index (χ1) is 8.74. The van der Waals surface area contributed by atoms with Crippen molar-refractivity contribution in [2.75, 3.05) is 19.7 Å². The lowest BCUT2D eigenvalue weighted by Gasteiger charge is -2.19. The van der Waals surface area contributed by atoms with Gasteiger partial charge in [0.25, 0.3) is 0 Å². The number of unbranched alkanes of at least 4 members (excludes halogenated alkanes) is 3. The zero-order valence-electron chi connectivity index (χ0n) is 13.1. The van der Waals surface area contributed by atoms with Gasteiger partial charge in [-0.25, -0.2) is 0 Å². The normalized spacial score (nSPS) is 14.7. The van der Waals surface area contributed by atoms with Gasteiger partial charge in [-0.15, -0.1) is 0 Å². The maximum atomic E-state index is 5.94. The second-order valence-corrected chi connectivity index (χ2v) is 5.47. The molecular formula is C16H35NO. The minimum absolute atomic E-state index is 0.349. The molecule has 0 aliphatic rings. The van der Waals surface area contributed by atoms with Crippen LogP contribution in [0.5, 0.6) is 0 Å². The van der Waals surface area contributed by atoms with Gasteiger partial charge in [0.15, 0.2) is 0 Å². The lowest BCUT2D eigenvalue weighted by atomic mass is 10.0. The van der Waals surface area contributed by atoms with E-state index in [0.717, 1.165) is 25.6 Å². The summed E-state index contributed by atoms with van der Waals surface area (Å²) < 4.78 is 5.94. The van der Waals surface area contributed by atoms with Crippen LogP contribution in [0.3, 0.4) is 0 Å². The van der Waals surface area contributed by atoms with Crippen molar-refractivity contribution in [3.8, 4) is 0 Å². The molecular weight excluding hydrogens is 222 g/mol. The fourth-order valence-electron chi connectivity index (χ4n) is 2.06. The van der Waals surface area contributed by atoms with Gasteiger partial charge < -0.3 is 10.1 Å². The average Bonchev–Trinajstić information content (AvgIpc) is 2.39. The molecule has 110 valence electrons. The van der Waals surface area contributed by atoms with Crippen LogP contribution in [0.25, 0.3) is 0 Å².